The van der Waals surface area contributed by atoms with Gasteiger partial charge in [-0.15, -0.1) is 0 Å². The Balaban J connectivity index is 3.19. The standard InChI is InChI=1S/C8H10ClFN2/c1-2-7-8(10)6(9)3-5(4-11)12-7/h3H,2,4,11H2,1H3. The Hall–Kier alpha value is -0.670. The van der Waals surface area contributed by atoms with Crippen molar-refractivity contribution in [2.24, 2.45) is 5.73 Å². The van der Waals surface area contributed by atoms with E-state index in [9.17, 15) is 4.39 Å². The topological polar surface area (TPSA) is 38.9 Å². The lowest BCUT2D eigenvalue weighted by Gasteiger charge is -2.03. The van der Waals surface area contributed by atoms with Crippen molar-refractivity contribution in [3.63, 3.8) is 0 Å². The molecule has 0 aromatic carbocycles. The number of aromatic nitrogens is 1. The summed E-state index contributed by atoms with van der Waals surface area (Å²) >= 11 is 5.61. The lowest BCUT2D eigenvalue weighted by atomic mass is 10.2. The summed E-state index contributed by atoms with van der Waals surface area (Å²) in [6.45, 7) is 2.11. The molecule has 0 amide bonds. The van der Waals surface area contributed by atoms with Crippen LogP contribution in [0.25, 0.3) is 0 Å². The van der Waals surface area contributed by atoms with Gasteiger partial charge in [-0.1, -0.05) is 18.5 Å². The maximum atomic E-state index is 13.1. The molecule has 0 saturated heterocycles. The summed E-state index contributed by atoms with van der Waals surface area (Å²) in [5.74, 6) is -0.434. The molecule has 2 N–H and O–H groups in total. The lowest BCUT2D eigenvalue weighted by Crippen LogP contribution is -2.04. The second-order valence-electron chi connectivity index (χ2n) is 2.41. The third-order valence-corrected chi connectivity index (χ3v) is 1.85. The lowest BCUT2D eigenvalue weighted by molar-refractivity contribution is 0.599. The molecule has 12 heavy (non-hydrogen) atoms. The minimum atomic E-state index is -0.434. The minimum absolute atomic E-state index is 0.0994. The molecule has 4 heteroatoms. The molecule has 1 rings (SSSR count). The van der Waals surface area contributed by atoms with Gasteiger partial charge < -0.3 is 5.73 Å². The van der Waals surface area contributed by atoms with Crippen LogP contribution in [0.2, 0.25) is 5.02 Å². The first kappa shape index (κ1) is 9.42. The molecule has 0 fully saturated rings. The molecule has 0 bridgehead atoms. The Morgan fingerprint density at radius 3 is 2.83 bits per heavy atom. The van der Waals surface area contributed by atoms with E-state index in [1.165, 1.54) is 6.07 Å². The predicted octanol–water partition coefficient (Wildman–Crippen LogP) is 1.90. The molecular weight excluding hydrogens is 179 g/mol. The normalized spacial score (nSPS) is 10.3. The highest BCUT2D eigenvalue weighted by Gasteiger charge is 2.08. The molecule has 0 spiro atoms. The van der Waals surface area contributed by atoms with E-state index in [0.29, 0.717) is 17.8 Å². The molecule has 2 nitrogen and oxygen atoms in total. The molecule has 1 heterocycles. The zero-order valence-electron chi connectivity index (χ0n) is 6.77. The fraction of sp³-hybridized carbons (Fsp3) is 0.375. The van der Waals surface area contributed by atoms with Crippen LogP contribution in [0.5, 0.6) is 0 Å². The Labute approximate surface area is 75.6 Å². The van der Waals surface area contributed by atoms with Crippen LogP contribution in [-0.2, 0) is 13.0 Å². The van der Waals surface area contributed by atoms with Gasteiger partial charge in [-0.25, -0.2) is 4.39 Å². The van der Waals surface area contributed by atoms with Crippen LogP contribution in [0.4, 0.5) is 4.39 Å². The van der Waals surface area contributed by atoms with E-state index in [0.717, 1.165) is 0 Å². The van der Waals surface area contributed by atoms with Crippen LogP contribution in [0.3, 0.4) is 0 Å². The van der Waals surface area contributed by atoms with Crippen LogP contribution < -0.4 is 5.73 Å². The van der Waals surface area contributed by atoms with Gasteiger partial charge in [0.15, 0.2) is 5.82 Å². The molecule has 0 radical (unpaired) electrons. The van der Waals surface area contributed by atoms with Crippen LogP contribution in [0.1, 0.15) is 18.3 Å². The summed E-state index contributed by atoms with van der Waals surface area (Å²) in [5.41, 5.74) is 6.35. The van der Waals surface area contributed by atoms with Crippen molar-refractivity contribution in [1.82, 2.24) is 4.98 Å². The first-order chi connectivity index (χ1) is 5.69. The summed E-state index contributed by atoms with van der Waals surface area (Å²) in [6, 6.07) is 1.45. The van der Waals surface area contributed by atoms with E-state index in [1.54, 1.807) is 0 Å². The molecule has 0 aliphatic rings. The van der Waals surface area contributed by atoms with Gasteiger partial charge in [0, 0.05) is 6.54 Å². The van der Waals surface area contributed by atoms with Crippen LogP contribution in [0, 0.1) is 5.82 Å². The first-order valence-corrected chi connectivity index (χ1v) is 4.10. The molecule has 1 aromatic heterocycles. The maximum absolute atomic E-state index is 13.1. The first-order valence-electron chi connectivity index (χ1n) is 3.72. The van der Waals surface area contributed by atoms with Crippen molar-refractivity contribution < 1.29 is 4.39 Å². The highest BCUT2D eigenvalue weighted by molar-refractivity contribution is 6.30. The number of halogens is 2. The van der Waals surface area contributed by atoms with Gasteiger partial charge in [-0.05, 0) is 12.5 Å². The highest BCUT2D eigenvalue weighted by Crippen LogP contribution is 2.18. The average molecular weight is 189 g/mol. The number of aryl methyl sites for hydroxylation is 1. The second-order valence-corrected chi connectivity index (χ2v) is 2.82. The number of nitrogens with zero attached hydrogens (tertiary/aromatic N) is 1. The predicted molar refractivity (Wildman–Crippen MR) is 46.5 cm³/mol. The summed E-state index contributed by atoms with van der Waals surface area (Å²) in [5, 5.41) is 0.0994. The Morgan fingerprint density at radius 1 is 1.67 bits per heavy atom. The molecule has 0 atom stereocenters. The molecule has 66 valence electrons. The van der Waals surface area contributed by atoms with Crippen molar-refractivity contribution in [2.75, 3.05) is 0 Å². The van der Waals surface area contributed by atoms with Gasteiger partial charge in [0.25, 0.3) is 0 Å². The van der Waals surface area contributed by atoms with Gasteiger partial charge in [0.2, 0.25) is 0 Å². The fourth-order valence-electron chi connectivity index (χ4n) is 0.941. The van der Waals surface area contributed by atoms with Gasteiger partial charge >= 0.3 is 0 Å². The highest BCUT2D eigenvalue weighted by atomic mass is 35.5. The van der Waals surface area contributed by atoms with E-state index in [1.807, 2.05) is 6.92 Å². The molecular formula is C8H10ClFN2. The van der Waals surface area contributed by atoms with Crippen LogP contribution in [0.15, 0.2) is 6.07 Å². The van der Waals surface area contributed by atoms with Gasteiger partial charge in [-0.3, -0.25) is 4.98 Å². The maximum Gasteiger partial charge on any atom is 0.163 e. The average Bonchev–Trinajstić information content (AvgIpc) is 2.09. The summed E-state index contributed by atoms with van der Waals surface area (Å²) in [4.78, 5) is 3.99. The Kier molecular flexibility index (Phi) is 3.00. The third kappa shape index (κ3) is 1.73. The second kappa shape index (κ2) is 3.83. The van der Waals surface area contributed by atoms with Crippen molar-refractivity contribution >= 4 is 11.6 Å². The molecule has 0 aliphatic carbocycles. The van der Waals surface area contributed by atoms with Crippen LogP contribution in [-0.4, -0.2) is 4.98 Å². The van der Waals surface area contributed by atoms with Crippen LogP contribution >= 0.6 is 11.6 Å². The zero-order chi connectivity index (χ0) is 9.14. The Bertz CT molecular complexity index is 289. The number of rotatable bonds is 2. The summed E-state index contributed by atoms with van der Waals surface area (Å²) < 4.78 is 13.1. The monoisotopic (exact) mass is 188 g/mol. The van der Waals surface area contributed by atoms with E-state index in [4.69, 9.17) is 17.3 Å². The fourth-order valence-corrected chi connectivity index (χ4v) is 1.18. The smallest absolute Gasteiger partial charge is 0.163 e. The van der Waals surface area contributed by atoms with E-state index >= 15 is 0 Å². The number of hydrogen-bond donors (Lipinski definition) is 1. The van der Waals surface area contributed by atoms with E-state index in [-0.39, 0.29) is 11.6 Å². The van der Waals surface area contributed by atoms with Gasteiger partial charge in [0.1, 0.15) is 0 Å². The number of hydrogen-bond acceptors (Lipinski definition) is 2. The number of pyridine rings is 1. The molecule has 0 saturated carbocycles. The largest absolute Gasteiger partial charge is 0.325 e. The van der Waals surface area contributed by atoms with E-state index in [2.05, 4.69) is 4.98 Å². The van der Waals surface area contributed by atoms with Gasteiger partial charge in [0.05, 0.1) is 16.4 Å². The molecule has 0 unspecified atom stereocenters. The third-order valence-electron chi connectivity index (χ3n) is 1.58. The number of nitrogens with two attached hydrogens (primary N) is 1. The Morgan fingerprint density at radius 2 is 2.33 bits per heavy atom. The SMILES string of the molecule is CCc1nc(CN)cc(Cl)c1F. The van der Waals surface area contributed by atoms with Crippen molar-refractivity contribution in [2.45, 2.75) is 19.9 Å². The zero-order valence-corrected chi connectivity index (χ0v) is 7.53. The van der Waals surface area contributed by atoms with Crippen molar-refractivity contribution in [3.05, 3.63) is 28.3 Å². The quantitative estimate of drug-likeness (QED) is 0.770. The van der Waals surface area contributed by atoms with Crippen molar-refractivity contribution in [1.29, 1.82) is 0 Å². The van der Waals surface area contributed by atoms with E-state index < -0.39 is 5.82 Å². The minimum Gasteiger partial charge on any atom is -0.325 e. The molecule has 1 aromatic rings. The van der Waals surface area contributed by atoms with Gasteiger partial charge in [-0.2, -0.15) is 0 Å². The van der Waals surface area contributed by atoms with Crippen molar-refractivity contribution in [3.8, 4) is 0 Å². The summed E-state index contributed by atoms with van der Waals surface area (Å²) in [7, 11) is 0. The molecule has 0 aliphatic heterocycles. The summed E-state index contributed by atoms with van der Waals surface area (Å²) in [6.07, 6.45) is 0.527.